The third-order valence-electron chi connectivity index (χ3n) is 4.82. The average molecular weight is 326 g/mol. The maximum absolute atomic E-state index is 11.6. The molecule has 3 rings (SSSR count). The van der Waals surface area contributed by atoms with Gasteiger partial charge in [0.1, 0.15) is 10.3 Å². The van der Waals surface area contributed by atoms with Crippen LogP contribution < -0.4 is 10.5 Å². The molecule has 1 aromatic heterocycles. The average Bonchev–Trinajstić information content (AvgIpc) is 2.44. The zero-order chi connectivity index (χ0) is 13.3. The number of halogens is 1. The molecule has 1 aliphatic heterocycles. The lowest BCUT2D eigenvalue weighted by Crippen LogP contribution is -2.42. The van der Waals surface area contributed by atoms with E-state index in [1.807, 2.05) is 0 Å². The van der Waals surface area contributed by atoms with Crippen molar-refractivity contribution in [3.63, 3.8) is 0 Å². The van der Waals surface area contributed by atoms with Gasteiger partial charge < -0.3 is 9.88 Å². The Hall–Kier alpha value is -0.840. The van der Waals surface area contributed by atoms with Crippen molar-refractivity contribution in [3.8, 4) is 0 Å². The van der Waals surface area contributed by atoms with E-state index >= 15 is 0 Å². The summed E-state index contributed by atoms with van der Waals surface area (Å²) < 4.78 is 0.564. The number of aromatic nitrogens is 2. The van der Waals surface area contributed by atoms with Crippen LogP contribution in [0.15, 0.2) is 15.6 Å². The van der Waals surface area contributed by atoms with Crippen molar-refractivity contribution in [1.29, 1.82) is 0 Å². The normalized spacial score (nSPS) is 22.7. The molecule has 0 radical (unpaired) electrons. The van der Waals surface area contributed by atoms with Crippen molar-refractivity contribution in [2.24, 2.45) is 5.41 Å². The van der Waals surface area contributed by atoms with E-state index in [2.05, 4.69) is 30.8 Å². The van der Waals surface area contributed by atoms with E-state index in [4.69, 9.17) is 0 Å². The Morgan fingerprint density at radius 1 is 1.16 bits per heavy atom. The molecule has 1 saturated heterocycles. The predicted octanol–water partition coefficient (Wildman–Crippen LogP) is 3.08. The van der Waals surface area contributed by atoms with Gasteiger partial charge in [-0.1, -0.05) is 19.3 Å². The minimum atomic E-state index is -0.0945. The molecular formula is C14H20BrN3O. The van der Waals surface area contributed by atoms with E-state index in [9.17, 15) is 4.79 Å². The van der Waals surface area contributed by atoms with Crippen molar-refractivity contribution in [3.05, 3.63) is 21.2 Å². The van der Waals surface area contributed by atoms with Crippen LogP contribution in [0.25, 0.3) is 0 Å². The summed E-state index contributed by atoms with van der Waals surface area (Å²) in [7, 11) is 0. The van der Waals surface area contributed by atoms with Gasteiger partial charge in [-0.3, -0.25) is 4.79 Å². The molecule has 104 valence electrons. The number of hydrogen-bond donors (Lipinski definition) is 1. The number of anilines is 1. The number of rotatable bonds is 1. The number of hydrogen-bond acceptors (Lipinski definition) is 3. The molecule has 1 spiro atoms. The summed E-state index contributed by atoms with van der Waals surface area (Å²) >= 11 is 3.36. The Morgan fingerprint density at radius 2 is 1.84 bits per heavy atom. The van der Waals surface area contributed by atoms with Crippen LogP contribution in [0.3, 0.4) is 0 Å². The van der Waals surface area contributed by atoms with Gasteiger partial charge in [0.25, 0.3) is 5.56 Å². The zero-order valence-electron chi connectivity index (χ0n) is 11.1. The van der Waals surface area contributed by atoms with Crippen LogP contribution in [0.2, 0.25) is 0 Å². The Bertz CT molecular complexity index is 498. The number of H-pyrrole nitrogens is 1. The van der Waals surface area contributed by atoms with Gasteiger partial charge in [-0.25, -0.2) is 4.98 Å². The second-order valence-corrected chi connectivity index (χ2v) is 6.71. The highest BCUT2D eigenvalue weighted by Crippen LogP contribution is 2.45. The first-order chi connectivity index (χ1) is 9.20. The first kappa shape index (κ1) is 13.2. The Morgan fingerprint density at radius 3 is 2.53 bits per heavy atom. The topological polar surface area (TPSA) is 49.0 Å². The summed E-state index contributed by atoms with van der Waals surface area (Å²) in [5.74, 6) is 0.800. The van der Waals surface area contributed by atoms with Crippen molar-refractivity contribution in [2.75, 3.05) is 18.0 Å². The van der Waals surface area contributed by atoms with E-state index in [1.54, 1.807) is 0 Å². The SMILES string of the molecule is O=c1[nH]cnc(N2CCC3(CCCCC3)CC2)c1Br. The molecule has 1 aromatic rings. The number of nitrogens with zero attached hydrogens (tertiary/aromatic N) is 2. The van der Waals surface area contributed by atoms with E-state index in [0.717, 1.165) is 18.9 Å². The third-order valence-corrected chi connectivity index (χ3v) is 5.53. The molecule has 2 aliphatic rings. The maximum Gasteiger partial charge on any atom is 0.267 e. The minimum absolute atomic E-state index is 0.0945. The fraction of sp³-hybridized carbons (Fsp3) is 0.714. The Balaban J connectivity index is 1.73. The predicted molar refractivity (Wildman–Crippen MR) is 79.5 cm³/mol. The second kappa shape index (κ2) is 5.27. The largest absolute Gasteiger partial charge is 0.355 e. The first-order valence-electron chi connectivity index (χ1n) is 7.18. The molecule has 19 heavy (non-hydrogen) atoms. The molecule has 5 heteroatoms. The molecule has 1 saturated carbocycles. The lowest BCUT2D eigenvalue weighted by atomic mass is 9.68. The summed E-state index contributed by atoms with van der Waals surface area (Å²) in [6.07, 6.45) is 11.0. The standard InChI is InChI=1S/C14H20BrN3O/c15-11-12(16-10-17-13(11)19)18-8-6-14(7-9-18)4-2-1-3-5-14/h10H,1-9H2,(H,16,17,19). The lowest BCUT2D eigenvalue weighted by Gasteiger charge is -2.44. The van der Waals surface area contributed by atoms with E-state index in [-0.39, 0.29) is 5.56 Å². The van der Waals surface area contributed by atoms with Gasteiger partial charge in [0.2, 0.25) is 0 Å². The van der Waals surface area contributed by atoms with Gasteiger partial charge in [-0.2, -0.15) is 0 Å². The van der Waals surface area contributed by atoms with Crippen LogP contribution >= 0.6 is 15.9 Å². The number of aromatic amines is 1. The minimum Gasteiger partial charge on any atom is -0.355 e. The highest BCUT2D eigenvalue weighted by atomic mass is 79.9. The smallest absolute Gasteiger partial charge is 0.267 e. The molecule has 1 N–H and O–H groups in total. The highest BCUT2D eigenvalue weighted by molar-refractivity contribution is 9.10. The molecule has 2 fully saturated rings. The molecule has 2 heterocycles. The van der Waals surface area contributed by atoms with Gasteiger partial charge in [0.15, 0.2) is 0 Å². The van der Waals surface area contributed by atoms with Gasteiger partial charge in [0, 0.05) is 13.1 Å². The summed E-state index contributed by atoms with van der Waals surface area (Å²) in [6, 6.07) is 0. The molecule has 4 nitrogen and oxygen atoms in total. The molecule has 0 atom stereocenters. The maximum atomic E-state index is 11.6. The molecule has 0 amide bonds. The summed E-state index contributed by atoms with van der Waals surface area (Å²) in [5.41, 5.74) is 0.491. The number of piperidine rings is 1. The van der Waals surface area contributed by atoms with E-state index in [1.165, 1.54) is 51.3 Å². The van der Waals surface area contributed by atoms with Crippen LogP contribution in [0, 0.1) is 5.41 Å². The monoisotopic (exact) mass is 325 g/mol. The quantitative estimate of drug-likeness (QED) is 0.863. The molecule has 1 aliphatic carbocycles. The van der Waals surface area contributed by atoms with Crippen LogP contribution in [0.1, 0.15) is 44.9 Å². The van der Waals surface area contributed by atoms with Crippen molar-refractivity contribution in [1.82, 2.24) is 9.97 Å². The van der Waals surface area contributed by atoms with Gasteiger partial charge in [-0.15, -0.1) is 0 Å². The highest BCUT2D eigenvalue weighted by Gasteiger charge is 2.36. The molecule has 0 aromatic carbocycles. The summed E-state index contributed by atoms with van der Waals surface area (Å²) in [6.45, 7) is 2.05. The second-order valence-electron chi connectivity index (χ2n) is 5.92. The zero-order valence-corrected chi connectivity index (χ0v) is 12.7. The van der Waals surface area contributed by atoms with Gasteiger partial charge >= 0.3 is 0 Å². The van der Waals surface area contributed by atoms with Crippen molar-refractivity contribution < 1.29 is 0 Å². The summed E-state index contributed by atoms with van der Waals surface area (Å²) in [4.78, 5) is 20.8. The molecule has 0 unspecified atom stereocenters. The van der Waals surface area contributed by atoms with Crippen molar-refractivity contribution >= 4 is 21.7 Å². The van der Waals surface area contributed by atoms with E-state index < -0.39 is 0 Å². The number of nitrogens with one attached hydrogen (secondary N) is 1. The van der Waals surface area contributed by atoms with Crippen molar-refractivity contribution in [2.45, 2.75) is 44.9 Å². The molecule has 0 bridgehead atoms. The van der Waals surface area contributed by atoms with Crippen LogP contribution in [0.4, 0.5) is 5.82 Å². The fourth-order valence-corrected chi connectivity index (χ4v) is 4.06. The fourth-order valence-electron chi connectivity index (χ4n) is 3.59. The van der Waals surface area contributed by atoms with Gasteiger partial charge in [0.05, 0.1) is 6.33 Å². The lowest BCUT2D eigenvalue weighted by molar-refractivity contribution is 0.144. The summed E-state index contributed by atoms with van der Waals surface area (Å²) in [5, 5.41) is 0. The van der Waals surface area contributed by atoms with Crippen LogP contribution in [-0.2, 0) is 0 Å². The van der Waals surface area contributed by atoms with Gasteiger partial charge in [-0.05, 0) is 47.0 Å². The van der Waals surface area contributed by atoms with Crippen LogP contribution in [-0.4, -0.2) is 23.1 Å². The molecular weight excluding hydrogens is 306 g/mol. The van der Waals surface area contributed by atoms with E-state index in [0.29, 0.717) is 9.89 Å². The Kier molecular flexibility index (Phi) is 3.65. The first-order valence-corrected chi connectivity index (χ1v) is 7.98. The van der Waals surface area contributed by atoms with Crippen LogP contribution in [0.5, 0.6) is 0 Å². The Labute approximate surface area is 121 Å². The third kappa shape index (κ3) is 2.57.